The normalized spacial score (nSPS) is 13.0. The minimum atomic E-state index is 0.278. The van der Waals surface area contributed by atoms with E-state index in [2.05, 4.69) is 55.5 Å². The molecule has 0 aliphatic carbocycles. The lowest BCUT2D eigenvalue weighted by molar-refractivity contribution is 0.170. The van der Waals surface area contributed by atoms with E-state index in [1.165, 1.54) is 3.57 Å². The van der Waals surface area contributed by atoms with E-state index in [-0.39, 0.29) is 6.10 Å². The summed E-state index contributed by atoms with van der Waals surface area (Å²) in [5.74, 6) is 1.51. The molecule has 1 nitrogen and oxygen atoms in total. The van der Waals surface area contributed by atoms with Crippen LogP contribution in [0.25, 0.3) is 0 Å². The molecule has 1 rings (SSSR count). The van der Waals surface area contributed by atoms with Gasteiger partial charge in [-0.25, -0.2) is 0 Å². The first-order valence-corrected chi connectivity index (χ1v) is 5.59. The fourth-order valence-corrected chi connectivity index (χ4v) is 1.22. The molecule has 1 atom stereocenters. The van der Waals surface area contributed by atoms with Gasteiger partial charge in [-0.15, -0.1) is 0 Å². The van der Waals surface area contributed by atoms with E-state index < -0.39 is 0 Å². The first-order valence-electron chi connectivity index (χ1n) is 4.52. The van der Waals surface area contributed by atoms with Crippen molar-refractivity contribution in [2.24, 2.45) is 5.92 Å². The predicted octanol–water partition coefficient (Wildman–Crippen LogP) is 3.71. The highest BCUT2D eigenvalue weighted by Crippen LogP contribution is 2.17. The van der Waals surface area contributed by atoms with Crippen LogP contribution in [0.5, 0.6) is 5.75 Å². The molecule has 13 heavy (non-hydrogen) atoms. The molecule has 0 radical (unpaired) electrons. The molecule has 0 spiro atoms. The Labute approximate surface area is 93.6 Å². The van der Waals surface area contributed by atoms with Crippen molar-refractivity contribution in [3.8, 4) is 5.75 Å². The van der Waals surface area contributed by atoms with Crippen LogP contribution in [0.4, 0.5) is 0 Å². The van der Waals surface area contributed by atoms with Crippen molar-refractivity contribution in [3.05, 3.63) is 27.8 Å². The van der Waals surface area contributed by atoms with Gasteiger partial charge >= 0.3 is 0 Å². The minimum Gasteiger partial charge on any atom is -0.490 e. The van der Waals surface area contributed by atoms with Gasteiger partial charge in [0.25, 0.3) is 0 Å². The number of hydrogen-bond acceptors (Lipinski definition) is 1. The molecule has 72 valence electrons. The minimum absolute atomic E-state index is 0.278. The molecule has 0 aromatic heterocycles. The number of rotatable bonds is 3. The van der Waals surface area contributed by atoms with Gasteiger partial charge in [-0.05, 0) is 59.7 Å². The van der Waals surface area contributed by atoms with E-state index >= 15 is 0 Å². The Hall–Kier alpha value is -0.250. The first kappa shape index (κ1) is 10.8. The van der Waals surface area contributed by atoms with E-state index in [0.29, 0.717) is 5.92 Å². The lowest BCUT2D eigenvalue weighted by atomic mass is 10.1. The summed E-state index contributed by atoms with van der Waals surface area (Å²) in [6, 6.07) is 8.15. The zero-order chi connectivity index (χ0) is 9.84. The van der Waals surface area contributed by atoms with Crippen LogP contribution in [-0.2, 0) is 0 Å². The summed E-state index contributed by atoms with van der Waals surface area (Å²) in [4.78, 5) is 0. The van der Waals surface area contributed by atoms with E-state index in [1.807, 2.05) is 12.1 Å². The van der Waals surface area contributed by atoms with Gasteiger partial charge in [0.15, 0.2) is 0 Å². The van der Waals surface area contributed by atoms with Crippen LogP contribution in [-0.4, -0.2) is 6.10 Å². The van der Waals surface area contributed by atoms with Gasteiger partial charge in [-0.2, -0.15) is 0 Å². The highest BCUT2D eigenvalue weighted by atomic mass is 127. The van der Waals surface area contributed by atoms with Crippen molar-refractivity contribution in [1.29, 1.82) is 0 Å². The number of halogens is 1. The molecule has 1 aromatic rings. The van der Waals surface area contributed by atoms with E-state index in [1.54, 1.807) is 0 Å². The largest absolute Gasteiger partial charge is 0.490 e. The summed E-state index contributed by atoms with van der Waals surface area (Å²) in [5.41, 5.74) is 0. The molecule has 1 unspecified atom stereocenters. The standard InChI is InChI=1S/C11H15IO/c1-8(2)9(3)13-11-6-4-10(12)5-7-11/h4-9H,1-3H3. The van der Waals surface area contributed by atoms with Crippen molar-refractivity contribution < 1.29 is 4.74 Å². The van der Waals surface area contributed by atoms with Crippen LogP contribution in [0.2, 0.25) is 0 Å². The van der Waals surface area contributed by atoms with Crippen molar-refractivity contribution in [2.45, 2.75) is 26.9 Å². The smallest absolute Gasteiger partial charge is 0.119 e. The molecule has 0 saturated carbocycles. The zero-order valence-electron chi connectivity index (χ0n) is 8.25. The summed E-state index contributed by atoms with van der Waals surface area (Å²) in [7, 11) is 0. The fourth-order valence-electron chi connectivity index (χ4n) is 0.864. The summed E-state index contributed by atoms with van der Waals surface area (Å²) in [6.45, 7) is 6.43. The van der Waals surface area contributed by atoms with Crippen molar-refractivity contribution in [1.82, 2.24) is 0 Å². The molecular formula is C11H15IO. The van der Waals surface area contributed by atoms with Crippen LogP contribution in [0.3, 0.4) is 0 Å². The second-order valence-electron chi connectivity index (χ2n) is 3.52. The van der Waals surface area contributed by atoms with Gasteiger partial charge in [0.2, 0.25) is 0 Å². The number of hydrogen-bond donors (Lipinski definition) is 0. The van der Waals surface area contributed by atoms with E-state index in [4.69, 9.17) is 4.74 Å². The highest BCUT2D eigenvalue weighted by Gasteiger charge is 2.07. The lowest BCUT2D eigenvalue weighted by Gasteiger charge is -2.17. The van der Waals surface area contributed by atoms with Gasteiger partial charge in [0, 0.05) is 3.57 Å². The third-order valence-electron chi connectivity index (χ3n) is 2.07. The third kappa shape index (κ3) is 3.55. The van der Waals surface area contributed by atoms with Crippen LogP contribution in [0, 0.1) is 9.49 Å². The van der Waals surface area contributed by atoms with Crippen molar-refractivity contribution >= 4 is 22.6 Å². The molecule has 0 saturated heterocycles. The zero-order valence-corrected chi connectivity index (χ0v) is 10.4. The maximum Gasteiger partial charge on any atom is 0.119 e. The highest BCUT2D eigenvalue weighted by molar-refractivity contribution is 14.1. The Morgan fingerprint density at radius 3 is 2.08 bits per heavy atom. The average molecular weight is 290 g/mol. The summed E-state index contributed by atoms with van der Waals surface area (Å²) in [5, 5.41) is 0. The van der Waals surface area contributed by atoms with Crippen LogP contribution >= 0.6 is 22.6 Å². The second kappa shape index (κ2) is 4.84. The Bertz CT molecular complexity index is 253. The van der Waals surface area contributed by atoms with Gasteiger partial charge in [0.1, 0.15) is 5.75 Å². The Morgan fingerprint density at radius 2 is 1.62 bits per heavy atom. The molecule has 1 aromatic carbocycles. The topological polar surface area (TPSA) is 9.23 Å². The Balaban J connectivity index is 2.59. The Morgan fingerprint density at radius 1 is 1.08 bits per heavy atom. The molecule has 0 fully saturated rings. The van der Waals surface area contributed by atoms with Crippen molar-refractivity contribution in [2.75, 3.05) is 0 Å². The molecule has 0 aliphatic heterocycles. The quantitative estimate of drug-likeness (QED) is 0.771. The molecule has 2 heteroatoms. The number of ether oxygens (including phenoxy) is 1. The monoisotopic (exact) mass is 290 g/mol. The molecule has 0 aliphatic rings. The fraction of sp³-hybridized carbons (Fsp3) is 0.455. The summed E-state index contributed by atoms with van der Waals surface area (Å²) >= 11 is 2.29. The molecule has 0 bridgehead atoms. The SMILES string of the molecule is CC(C)C(C)Oc1ccc(I)cc1. The second-order valence-corrected chi connectivity index (χ2v) is 4.77. The molecule has 0 heterocycles. The average Bonchev–Trinajstić information content (AvgIpc) is 2.08. The molecular weight excluding hydrogens is 275 g/mol. The van der Waals surface area contributed by atoms with Gasteiger partial charge in [0.05, 0.1) is 6.10 Å². The maximum absolute atomic E-state index is 5.73. The summed E-state index contributed by atoms with van der Waals surface area (Å²) < 4.78 is 6.97. The predicted molar refractivity (Wildman–Crippen MR) is 64.1 cm³/mol. The number of benzene rings is 1. The van der Waals surface area contributed by atoms with E-state index in [9.17, 15) is 0 Å². The van der Waals surface area contributed by atoms with Gasteiger partial charge in [-0.3, -0.25) is 0 Å². The molecule has 0 N–H and O–H groups in total. The first-order chi connectivity index (χ1) is 6.09. The van der Waals surface area contributed by atoms with Gasteiger partial charge in [-0.1, -0.05) is 13.8 Å². The van der Waals surface area contributed by atoms with Crippen molar-refractivity contribution in [3.63, 3.8) is 0 Å². The summed E-state index contributed by atoms with van der Waals surface area (Å²) in [6.07, 6.45) is 0.278. The third-order valence-corrected chi connectivity index (χ3v) is 2.79. The van der Waals surface area contributed by atoms with Crippen LogP contribution in [0.15, 0.2) is 24.3 Å². The lowest BCUT2D eigenvalue weighted by Crippen LogP contribution is -2.18. The van der Waals surface area contributed by atoms with Crippen LogP contribution < -0.4 is 4.74 Å². The Kier molecular flexibility index (Phi) is 4.03. The van der Waals surface area contributed by atoms with Gasteiger partial charge < -0.3 is 4.74 Å². The van der Waals surface area contributed by atoms with E-state index in [0.717, 1.165) is 5.75 Å². The maximum atomic E-state index is 5.73. The van der Waals surface area contributed by atoms with Crippen LogP contribution in [0.1, 0.15) is 20.8 Å². The molecule has 0 amide bonds.